The summed E-state index contributed by atoms with van der Waals surface area (Å²) in [5.74, 6) is -0.343. The predicted octanol–water partition coefficient (Wildman–Crippen LogP) is 4.69. The molecule has 0 saturated carbocycles. The van der Waals surface area contributed by atoms with Crippen LogP contribution in [0.25, 0.3) is 6.08 Å². The molecule has 3 nitrogen and oxygen atoms in total. The van der Waals surface area contributed by atoms with Crippen LogP contribution >= 0.6 is 15.9 Å². The Morgan fingerprint density at radius 1 is 1.24 bits per heavy atom. The van der Waals surface area contributed by atoms with Crippen LogP contribution in [0.4, 0.5) is 0 Å². The van der Waals surface area contributed by atoms with E-state index >= 15 is 0 Å². The van der Waals surface area contributed by atoms with Crippen molar-refractivity contribution in [3.63, 3.8) is 0 Å². The normalized spacial score (nSPS) is 12.3. The maximum atomic E-state index is 10.7. The van der Waals surface area contributed by atoms with Crippen molar-refractivity contribution in [1.82, 2.24) is 0 Å². The van der Waals surface area contributed by atoms with Crippen molar-refractivity contribution in [2.24, 2.45) is 0 Å². The van der Waals surface area contributed by atoms with Crippen LogP contribution in [0.3, 0.4) is 0 Å². The second kappa shape index (κ2) is 7.09. The average molecular weight is 347 g/mol. The van der Waals surface area contributed by atoms with E-state index in [-0.39, 0.29) is 6.10 Å². The number of hydrogen-bond acceptors (Lipinski definition) is 2. The molecule has 0 aromatic heterocycles. The number of halogens is 1. The van der Waals surface area contributed by atoms with Crippen LogP contribution in [0.15, 0.2) is 59.1 Å². The second-order valence-electron chi connectivity index (χ2n) is 4.52. The van der Waals surface area contributed by atoms with Gasteiger partial charge < -0.3 is 9.84 Å². The van der Waals surface area contributed by atoms with E-state index in [1.807, 2.05) is 55.5 Å². The molecule has 0 bridgehead atoms. The molecular weight excluding hydrogens is 332 g/mol. The van der Waals surface area contributed by atoms with E-state index in [0.29, 0.717) is 5.75 Å². The number of benzene rings is 2. The van der Waals surface area contributed by atoms with E-state index in [1.165, 1.54) is 6.08 Å². The van der Waals surface area contributed by atoms with Crippen molar-refractivity contribution in [1.29, 1.82) is 0 Å². The summed E-state index contributed by atoms with van der Waals surface area (Å²) in [6.07, 6.45) is 2.51. The van der Waals surface area contributed by atoms with Gasteiger partial charge in [-0.05, 0) is 36.8 Å². The topological polar surface area (TPSA) is 46.5 Å². The molecule has 108 valence electrons. The molecule has 0 radical (unpaired) electrons. The number of carbonyl (C=O) groups is 1. The van der Waals surface area contributed by atoms with Gasteiger partial charge in [0.2, 0.25) is 0 Å². The highest BCUT2D eigenvalue weighted by Crippen LogP contribution is 2.28. The maximum absolute atomic E-state index is 10.7. The zero-order chi connectivity index (χ0) is 15.2. The molecule has 21 heavy (non-hydrogen) atoms. The molecule has 1 N–H and O–H groups in total. The van der Waals surface area contributed by atoms with Crippen molar-refractivity contribution in [3.8, 4) is 5.75 Å². The quantitative estimate of drug-likeness (QED) is 0.799. The van der Waals surface area contributed by atoms with E-state index < -0.39 is 5.97 Å². The first-order valence-corrected chi connectivity index (χ1v) is 7.27. The lowest BCUT2D eigenvalue weighted by Crippen LogP contribution is -2.04. The second-order valence-corrected chi connectivity index (χ2v) is 5.44. The number of aliphatic carboxylic acids is 1. The Bertz CT molecular complexity index is 650. The first-order valence-electron chi connectivity index (χ1n) is 6.48. The van der Waals surface area contributed by atoms with E-state index in [1.54, 1.807) is 0 Å². The first kappa shape index (κ1) is 15.3. The highest BCUT2D eigenvalue weighted by atomic mass is 79.9. The predicted molar refractivity (Wildman–Crippen MR) is 86.3 cm³/mol. The lowest BCUT2D eigenvalue weighted by molar-refractivity contribution is -0.131. The summed E-state index contributed by atoms with van der Waals surface area (Å²) >= 11 is 3.38. The third-order valence-corrected chi connectivity index (χ3v) is 3.44. The molecule has 0 spiro atoms. The zero-order valence-corrected chi connectivity index (χ0v) is 13.1. The van der Waals surface area contributed by atoms with E-state index in [9.17, 15) is 4.79 Å². The lowest BCUT2D eigenvalue weighted by atomic mass is 10.1. The van der Waals surface area contributed by atoms with Crippen molar-refractivity contribution in [2.45, 2.75) is 13.0 Å². The van der Waals surface area contributed by atoms with Gasteiger partial charge in [0, 0.05) is 16.1 Å². The van der Waals surface area contributed by atoms with Crippen LogP contribution in [-0.4, -0.2) is 11.1 Å². The molecule has 1 unspecified atom stereocenters. The summed E-state index contributed by atoms with van der Waals surface area (Å²) in [7, 11) is 0. The van der Waals surface area contributed by atoms with Gasteiger partial charge >= 0.3 is 5.97 Å². The standard InChI is InChI=1S/C17H15BrO3/c1-12(13-5-3-2-4-6-13)21-16-9-8-15(18)11-14(16)7-10-17(19)20/h2-12H,1H3,(H,19,20). The summed E-state index contributed by atoms with van der Waals surface area (Å²) in [6.45, 7) is 1.96. The zero-order valence-electron chi connectivity index (χ0n) is 11.5. The summed E-state index contributed by atoms with van der Waals surface area (Å²) in [5.41, 5.74) is 1.78. The molecule has 2 rings (SSSR count). The van der Waals surface area contributed by atoms with Gasteiger partial charge in [0.05, 0.1) is 0 Å². The fourth-order valence-electron chi connectivity index (χ4n) is 1.90. The Labute approximate surface area is 132 Å². The van der Waals surface area contributed by atoms with Crippen LogP contribution < -0.4 is 4.74 Å². The summed E-state index contributed by atoms with van der Waals surface area (Å²) < 4.78 is 6.82. The van der Waals surface area contributed by atoms with Crippen molar-refractivity contribution in [2.75, 3.05) is 0 Å². The van der Waals surface area contributed by atoms with Gasteiger partial charge in [-0.2, -0.15) is 0 Å². The minimum Gasteiger partial charge on any atom is -0.485 e. The summed E-state index contributed by atoms with van der Waals surface area (Å²) in [6, 6.07) is 15.4. The minimum absolute atomic E-state index is 0.121. The third kappa shape index (κ3) is 4.46. The molecule has 0 fully saturated rings. The molecule has 0 aliphatic carbocycles. The van der Waals surface area contributed by atoms with Gasteiger partial charge in [0.15, 0.2) is 0 Å². The molecule has 0 saturated heterocycles. The van der Waals surface area contributed by atoms with Gasteiger partial charge in [-0.15, -0.1) is 0 Å². The van der Waals surface area contributed by atoms with Gasteiger partial charge in [0.1, 0.15) is 11.9 Å². The molecule has 0 amide bonds. The van der Waals surface area contributed by atoms with E-state index in [2.05, 4.69) is 15.9 Å². The molecule has 0 aliphatic rings. The number of hydrogen-bond donors (Lipinski definition) is 1. The molecule has 1 atom stereocenters. The smallest absolute Gasteiger partial charge is 0.328 e. The number of rotatable bonds is 5. The SMILES string of the molecule is CC(Oc1ccc(Br)cc1C=CC(=O)O)c1ccccc1. The van der Waals surface area contributed by atoms with Crippen LogP contribution in [-0.2, 0) is 4.79 Å². The van der Waals surface area contributed by atoms with Crippen LogP contribution in [0.1, 0.15) is 24.2 Å². The lowest BCUT2D eigenvalue weighted by Gasteiger charge is -2.17. The largest absolute Gasteiger partial charge is 0.485 e. The Balaban J connectivity index is 2.25. The average Bonchev–Trinajstić information content (AvgIpc) is 2.48. The van der Waals surface area contributed by atoms with Gasteiger partial charge in [-0.1, -0.05) is 46.3 Å². The van der Waals surface area contributed by atoms with E-state index in [0.717, 1.165) is 21.7 Å². The molecule has 0 heterocycles. The van der Waals surface area contributed by atoms with Gasteiger partial charge in [-0.25, -0.2) is 4.79 Å². The van der Waals surface area contributed by atoms with Crippen molar-refractivity contribution >= 4 is 28.0 Å². The Morgan fingerprint density at radius 2 is 1.95 bits per heavy atom. The number of carboxylic acids is 1. The van der Waals surface area contributed by atoms with Gasteiger partial charge in [-0.3, -0.25) is 0 Å². The van der Waals surface area contributed by atoms with E-state index in [4.69, 9.17) is 9.84 Å². The fraction of sp³-hybridized carbons (Fsp3) is 0.118. The Morgan fingerprint density at radius 3 is 2.62 bits per heavy atom. The van der Waals surface area contributed by atoms with Crippen molar-refractivity contribution < 1.29 is 14.6 Å². The molecule has 2 aromatic carbocycles. The summed E-state index contributed by atoms with van der Waals surface area (Å²) in [4.78, 5) is 10.7. The van der Waals surface area contributed by atoms with Crippen LogP contribution in [0.2, 0.25) is 0 Å². The maximum Gasteiger partial charge on any atom is 0.328 e. The third-order valence-electron chi connectivity index (χ3n) is 2.95. The van der Waals surface area contributed by atoms with Crippen LogP contribution in [0, 0.1) is 0 Å². The Hall–Kier alpha value is -2.07. The molecule has 2 aromatic rings. The minimum atomic E-state index is -0.989. The van der Waals surface area contributed by atoms with Crippen molar-refractivity contribution in [3.05, 3.63) is 70.2 Å². The number of carboxylic acid groups (broad SMARTS) is 1. The monoisotopic (exact) mass is 346 g/mol. The molecular formula is C17H15BrO3. The summed E-state index contributed by atoms with van der Waals surface area (Å²) in [5, 5.41) is 8.76. The fourth-order valence-corrected chi connectivity index (χ4v) is 2.28. The van der Waals surface area contributed by atoms with Crippen LogP contribution in [0.5, 0.6) is 5.75 Å². The highest BCUT2D eigenvalue weighted by molar-refractivity contribution is 9.10. The first-order chi connectivity index (χ1) is 10.1. The highest BCUT2D eigenvalue weighted by Gasteiger charge is 2.09. The van der Waals surface area contributed by atoms with Gasteiger partial charge in [0.25, 0.3) is 0 Å². The molecule has 4 heteroatoms. The Kier molecular flexibility index (Phi) is 5.17. The molecule has 0 aliphatic heterocycles. The number of ether oxygens (including phenoxy) is 1.